The topological polar surface area (TPSA) is 87.2 Å². The van der Waals surface area contributed by atoms with Gasteiger partial charge in [0.1, 0.15) is 5.82 Å². The largest absolute Gasteiger partial charge is 0.314 e. The van der Waals surface area contributed by atoms with Gasteiger partial charge in [0.05, 0.1) is 12.2 Å². The summed E-state index contributed by atoms with van der Waals surface area (Å²) >= 11 is 0. The van der Waals surface area contributed by atoms with Crippen LogP contribution in [0.5, 0.6) is 0 Å². The minimum absolute atomic E-state index is 0.167. The Kier molecular flexibility index (Phi) is 7.16. The molecule has 0 saturated carbocycles. The van der Waals surface area contributed by atoms with Gasteiger partial charge in [0.2, 0.25) is 0 Å². The number of nitrogens with one attached hydrogen (secondary N) is 2. The van der Waals surface area contributed by atoms with Crippen LogP contribution in [0.25, 0.3) is 0 Å². The van der Waals surface area contributed by atoms with Crippen molar-refractivity contribution in [2.45, 2.75) is 39.8 Å². The molecule has 0 saturated heterocycles. The maximum Gasteiger partial charge on any atom is 0.279 e. The van der Waals surface area contributed by atoms with Crippen LogP contribution in [0.4, 0.5) is 0 Å². The zero-order chi connectivity index (χ0) is 15.9. The van der Waals surface area contributed by atoms with E-state index in [-0.39, 0.29) is 6.54 Å². The minimum atomic E-state index is -3.48. The first-order chi connectivity index (χ1) is 9.81. The Bertz CT molecular complexity index is 533. The predicted octanol–water partition coefficient (Wildman–Crippen LogP) is 0.439. The van der Waals surface area contributed by atoms with E-state index in [1.165, 1.54) is 4.31 Å². The molecule has 2 N–H and O–H groups in total. The Morgan fingerprint density at radius 3 is 2.71 bits per heavy atom. The fraction of sp³-hybridized carbons (Fsp3) is 0.692. The van der Waals surface area contributed by atoms with Gasteiger partial charge in [-0.2, -0.15) is 17.4 Å². The molecule has 0 aliphatic carbocycles. The number of rotatable bonds is 9. The first-order valence-corrected chi connectivity index (χ1v) is 8.48. The fourth-order valence-corrected chi connectivity index (χ4v) is 2.61. The van der Waals surface area contributed by atoms with Gasteiger partial charge < -0.3 is 5.32 Å². The van der Waals surface area contributed by atoms with E-state index in [2.05, 4.69) is 33.9 Å². The van der Waals surface area contributed by atoms with Crippen molar-refractivity contribution in [2.75, 3.05) is 20.1 Å². The lowest BCUT2D eigenvalue weighted by molar-refractivity contribution is 0.438. The van der Waals surface area contributed by atoms with Crippen molar-refractivity contribution in [3.05, 3.63) is 23.8 Å². The van der Waals surface area contributed by atoms with Crippen LogP contribution in [-0.4, -0.2) is 48.9 Å². The van der Waals surface area contributed by atoms with Gasteiger partial charge in [-0.1, -0.05) is 13.8 Å². The average Bonchev–Trinajstić information content (AvgIpc) is 2.41. The highest BCUT2D eigenvalue weighted by Gasteiger charge is 2.16. The van der Waals surface area contributed by atoms with Crippen molar-refractivity contribution in [2.24, 2.45) is 0 Å². The van der Waals surface area contributed by atoms with E-state index in [1.807, 2.05) is 0 Å². The summed E-state index contributed by atoms with van der Waals surface area (Å²) in [5, 5.41) is 3.26. The number of aromatic nitrogens is 2. The van der Waals surface area contributed by atoms with Gasteiger partial charge in [-0.05, 0) is 26.0 Å². The summed E-state index contributed by atoms with van der Waals surface area (Å²) in [6.07, 6.45) is 2.38. The van der Waals surface area contributed by atoms with E-state index in [0.29, 0.717) is 24.1 Å². The molecule has 8 heteroatoms. The quantitative estimate of drug-likeness (QED) is 0.646. The molecule has 120 valence electrons. The summed E-state index contributed by atoms with van der Waals surface area (Å²) in [5.41, 5.74) is 0.654. The molecule has 21 heavy (non-hydrogen) atoms. The van der Waals surface area contributed by atoms with Gasteiger partial charge in [0, 0.05) is 25.8 Å². The van der Waals surface area contributed by atoms with Crippen LogP contribution in [0.1, 0.15) is 31.8 Å². The number of hydrogen-bond donors (Lipinski definition) is 2. The second-order valence-corrected chi connectivity index (χ2v) is 7.07. The SMILES string of the molecule is Cc1nccc(CNS(=O)(=O)N(C)CCCNC(C)C)n1. The van der Waals surface area contributed by atoms with E-state index in [4.69, 9.17) is 0 Å². The highest BCUT2D eigenvalue weighted by atomic mass is 32.2. The normalized spacial score (nSPS) is 12.3. The average molecular weight is 315 g/mol. The van der Waals surface area contributed by atoms with Crippen LogP contribution in [0.3, 0.4) is 0 Å². The van der Waals surface area contributed by atoms with Crippen molar-refractivity contribution in [3.8, 4) is 0 Å². The summed E-state index contributed by atoms with van der Waals surface area (Å²) in [7, 11) is -1.90. The van der Waals surface area contributed by atoms with Crippen LogP contribution in [0.15, 0.2) is 12.3 Å². The lowest BCUT2D eigenvalue weighted by Gasteiger charge is -2.18. The highest BCUT2D eigenvalue weighted by Crippen LogP contribution is 1.99. The molecule has 0 aliphatic heterocycles. The van der Waals surface area contributed by atoms with Gasteiger partial charge >= 0.3 is 0 Å². The van der Waals surface area contributed by atoms with Crippen LogP contribution >= 0.6 is 0 Å². The van der Waals surface area contributed by atoms with E-state index in [9.17, 15) is 8.42 Å². The molecule has 0 fully saturated rings. The second kappa shape index (κ2) is 8.38. The predicted molar refractivity (Wildman–Crippen MR) is 82.9 cm³/mol. The fourth-order valence-electron chi connectivity index (χ4n) is 1.69. The molecule has 0 bridgehead atoms. The van der Waals surface area contributed by atoms with Crippen molar-refractivity contribution in [3.63, 3.8) is 0 Å². The summed E-state index contributed by atoms with van der Waals surface area (Å²) in [6, 6.07) is 2.10. The van der Waals surface area contributed by atoms with Gasteiger partial charge in [-0.25, -0.2) is 9.97 Å². The van der Waals surface area contributed by atoms with E-state index >= 15 is 0 Å². The molecule has 1 rings (SSSR count). The Labute approximate surface area is 127 Å². The van der Waals surface area contributed by atoms with Crippen molar-refractivity contribution in [1.29, 1.82) is 0 Å². The monoisotopic (exact) mass is 315 g/mol. The molecule has 7 nitrogen and oxygen atoms in total. The van der Waals surface area contributed by atoms with Crippen molar-refractivity contribution < 1.29 is 8.42 Å². The Morgan fingerprint density at radius 2 is 2.10 bits per heavy atom. The van der Waals surface area contributed by atoms with Crippen LogP contribution in [0, 0.1) is 6.92 Å². The van der Waals surface area contributed by atoms with E-state index < -0.39 is 10.2 Å². The molecular formula is C13H25N5O2S. The highest BCUT2D eigenvalue weighted by molar-refractivity contribution is 7.87. The van der Waals surface area contributed by atoms with Crippen LogP contribution < -0.4 is 10.0 Å². The lowest BCUT2D eigenvalue weighted by Crippen LogP contribution is -2.39. The minimum Gasteiger partial charge on any atom is -0.314 e. The molecule has 1 aromatic heterocycles. The number of aryl methyl sites for hydroxylation is 1. The van der Waals surface area contributed by atoms with Gasteiger partial charge in [-0.3, -0.25) is 0 Å². The van der Waals surface area contributed by atoms with Crippen LogP contribution in [-0.2, 0) is 16.8 Å². The molecule has 1 heterocycles. The van der Waals surface area contributed by atoms with Gasteiger partial charge in [0.15, 0.2) is 0 Å². The maximum absolute atomic E-state index is 12.1. The molecule has 1 aromatic rings. The Morgan fingerprint density at radius 1 is 1.38 bits per heavy atom. The second-order valence-electron chi connectivity index (χ2n) is 5.21. The third-order valence-corrected chi connectivity index (χ3v) is 4.39. The first kappa shape index (κ1) is 18.0. The Balaban J connectivity index is 2.41. The third-order valence-electron chi connectivity index (χ3n) is 2.88. The Hall–Kier alpha value is -1.09. The molecular weight excluding hydrogens is 290 g/mol. The third kappa shape index (κ3) is 6.94. The van der Waals surface area contributed by atoms with Crippen molar-refractivity contribution in [1.82, 2.24) is 24.3 Å². The molecule has 0 radical (unpaired) electrons. The van der Waals surface area contributed by atoms with Gasteiger partial charge in [0.25, 0.3) is 10.2 Å². The molecule has 0 aliphatic rings. The number of hydrogen-bond acceptors (Lipinski definition) is 5. The molecule has 0 unspecified atom stereocenters. The molecule has 0 aromatic carbocycles. The molecule has 0 amide bonds. The number of nitrogens with zero attached hydrogens (tertiary/aromatic N) is 3. The summed E-state index contributed by atoms with van der Waals surface area (Å²) in [4.78, 5) is 8.14. The summed E-state index contributed by atoms with van der Waals surface area (Å²) in [6.45, 7) is 7.32. The van der Waals surface area contributed by atoms with Gasteiger partial charge in [-0.15, -0.1) is 0 Å². The standard InChI is InChI=1S/C13H25N5O2S/c1-11(2)14-7-5-9-18(4)21(19,20)16-10-13-6-8-15-12(3)17-13/h6,8,11,14,16H,5,7,9-10H2,1-4H3. The van der Waals surface area contributed by atoms with E-state index in [0.717, 1.165) is 13.0 Å². The first-order valence-electron chi connectivity index (χ1n) is 7.04. The molecule has 0 atom stereocenters. The lowest BCUT2D eigenvalue weighted by atomic mass is 10.3. The summed E-state index contributed by atoms with van der Waals surface area (Å²) in [5.74, 6) is 0.625. The molecule has 0 spiro atoms. The summed E-state index contributed by atoms with van der Waals surface area (Å²) < 4.78 is 28.0. The smallest absolute Gasteiger partial charge is 0.279 e. The van der Waals surface area contributed by atoms with Crippen molar-refractivity contribution >= 4 is 10.2 Å². The maximum atomic E-state index is 12.1. The van der Waals surface area contributed by atoms with E-state index in [1.54, 1.807) is 26.2 Å². The zero-order valence-corrected chi connectivity index (χ0v) is 13.9. The zero-order valence-electron chi connectivity index (χ0n) is 13.1. The van der Waals surface area contributed by atoms with Crippen LogP contribution in [0.2, 0.25) is 0 Å².